The highest BCUT2D eigenvalue weighted by atomic mass is 79.9. The SMILES string of the molecule is C[C@H](NC1CCN(C)CC1)c1cccc(Br)c1. The molecule has 3 heteroatoms. The molecule has 0 spiro atoms. The predicted molar refractivity (Wildman–Crippen MR) is 76.2 cm³/mol. The fourth-order valence-corrected chi connectivity index (χ4v) is 2.82. The first kappa shape index (κ1) is 13.1. The number of halogens is 1. The minimum absolute atomic E-state index is 0.431. The van der Waals surface area contributed by atoms with Gasteiger partial charge in [-0.2, -0.15) is 0 Å². The van der Waals surface area contributed by atoms with Gasteiger partial charge in [0, 0.05) is 16.6 Å². The second-order valence-electron chi connectivity index (χ2n) is 5.02. The van der Waals surface area contributed by atoms with Crippen molar-refractivity contribution in [3.05, 3.63) is 34.3 Å². The summed E-state index contributed by atoms with van der Waals surface area (Å²) in [4.78, 5) is 2.40. The molecule has 2 rings (SSSR count). The second kappa shape index (κ2) is 5.98. The molecule has 1 aromatic rings. The molecule has 17 heavy (non-hydrogen) atoms. The number of piperidine rings is 1. The van der Waals surface area contributed by atoms with Crippen molar-refractivity contribution in [1.82, 2.24) is 10.2 Å². The molecule has 1 aliphatic heterocycles. The van der Waals surface area contributed by atoms with E-state index in [9.17, 15) is 0 Å². The van der Waals surface area contributed by atoms with Gasteiger partial charge < -0.3 is 10.2 Å². The first-order valence-electron chi connectivity index (χ1n) is 6.35. The normalized spacial score (nSPS) is 20.4. The third-order valence-electron chi connectivity index (χ3n) is 3.55. The maximum Gasteiger partial charge on any atom is 0.0294 e. The zero-order chi connectivity index (χ0) is 12.3. The van der Waals surface area contributed by atoms with Gasteiger partial charge in [-0.3, -0.25) is 0 Å². The van der Waals surface area contributed by atoms with Gasteiger partial charge in [0.1, 0.15) is 0 Å². The fourth-order valence-electron chi connectivity index (χ4n) is 2.40. The molecule has 1 fully saturated rings. The summed E-state index contributed by atoms with van der Waals surface area (Å²) in [6.45, 7) is 4.67. The summed E-state index contributed by atoms with van der Waals surface area (Å²) in [7, 11) is 2.20. The molecule has 0 saturated carbocycles. The molecule has 1 aromatic carbocycles. The topological polar surface area (TPSA) is 15.3 Å². The van der Waals surface area contributed by atoms with Crippen LogP contribution < -0.4 is 5.32 Å². The van der Waals surface area contributed by atoms with Crippen molar-refractivity contribution in [3.8, 4) is 0 Å². The summed E-state index contributed by atoms with van der Waals surface area (Å²) in [5, 5.41) is 3.74. The van der Waals surface area contributed by atoms with Crippen molar-refractivity contribution >= 4 is 15.9 Å². The maximum atomic E-state index is 3.74. The summed E-state index contributed by atoms with van der Waals surface area (Å²) < 4.78 is 1.16. The quantitative estimate of drug-likeness (QED) is 0.921. The lowest BCUT2D eigenvalue weighted by Gasteiger charge is -2.31. The molecule has 0 aromatic heterocycles. The molecular weight excluding hydrogens is 276 g/mol. The highest BCUT2D eigenvalue weighted by Gasteiger charge is 2.18. The van der Waals surface area contributed by atoms with Gasteiger partial charge >= 0.3 is 0 Å². The van der Waals surface area contributed by atoms with Crippen LogP contribution in [0.25, 0.3) is 0 Å². The van der Waals surface area contributed by atoms with Crippen LogP contribution >= 0.6 is 15.9 Å². The molecule has 0 amide bonds. The van der Waals surface area contributed by atoms with E-state index in [2.05, 4.69) is 64.4 Å². The van der Waals surface area contributed by atoms with Crippen LogP contribution in [0.3, 0.4) is 0 Å². The number of nitrogens with zero attached hydrogens (tertiary/aromatic N) is 1. The molecular formula is C14H21BrN2. The maximum absolute atomic E-state index is 3.74. The van der Waals surface area contributed by atoms with Crippen molar-refractivity contribution in [1.29, 1.82) is 0 Å². The largest absolute Gasteiger partial charge is 0.307 e. The van der Waals surface area contributed by atoms with E-state index in [0.29, 0.717) is 12.1 Å². The van der Waals surface area contributed by atoms with Crippen LogP contribution in [-0.2, 0) is 0 Å². The Morgan fingerprint density at radius 2 is 2.06 bits per heavy atom. The zero-order valence-corrected chi connectivity index (χ0v) is 12.2. The third kappa shape index (κ3) is 3.80. The first-order chi connectivity index (χ1) is 8.15. The van der Waals surface area contributed by atoms with Crippen LogP contribution in [0.1, 0.15) is 31.4 Å². The summed E-state index contributed by atoms with van der Waals surface area (Å²) in [6, 6.07) is 9.67. The Bertz CT molecular complexity index is 359. The van der Waals surface area contributed by atoms with Crippen LogP contribution in [0.2, 0.25) is 0 Å². The summed E-state index contributed by atoms with van der Waals surface area (Å²) in [6.07, 6.45) is 2.52. The van der Waals surface area contributed by atoms with E-state index in [1.165, 1.54) is 31.5 Å². The van der Waals surface area contributed by atoms with E-state index < -0.39 is 0 Å². The Labute approximate surface area is 113 Å². The molecule has 1 heterocycles. The smallest absolute Gasteiger partial charge is 0.0294 e. The van der Waals surface area contributed by atoms with Crippen LogP contribution in [0.4, 0.5) is 0 Å². The second-order valence-corrected chi connectivity index (χ2v) is 5.94. The highest BCUT2D eigenvalue weighted by molar-refractivity contribution is 9.10. The van der Waals surface area contributed by atoms with Crippen LogP contribution in [-0.4, -0.2) is 31.1 Å². The zero-order valence-electron chi connectivity index (χ0n) is 10.6. The monoisotopic (exact) mass is 296 g/mol. The fraction of sp³-hybridized carbons (Fsp3) is 0.571. The minimum Gasteiger partial charge on any atom is -0.307 e. The van der Waals surface area contributed by atoms with E-state index in [0.717, 1.165) is 4.47 Å². The lowest BCUT2D eigenvalue weighted by Crippen LogP contribution is -2.41. The first-order valence-corrected chi connectivity index (χ1v) is 7.14. The van der Waals surface area contributed by atoms with Gasteiger partial charge in [-0.15, -0.1) is 0 Å². The third-order valence-corrected chi connectivity index (χ3v) is 4.05. The van der Waals surface area contributed by atoms with Crippen molar-refractivity contribution < 1.29 is 0 Å². The molecule has 1 N–H and O–H groups in total. The van der Waals surface area contributed by atoms with Crippen LogP contribution in [0.15, 0.2) is 28.7 Å². The highest BCUT2D eigenvalue weighted by Crippen LogP contribution is 2.20. The number of nitrogens with one attached hydrogen (secondary N) is 1. The van der Waals surface area contributed by atoms with Gasteiger partial charge in [0.25, 0.3) is 0 Å². The molecule has 0 bridgehead atoms. The molecule has 1 atom stereocenters. The lowest BCUT2D eigenvalue weighted by atomic mass is 10.0. The Hall–Kier alpha value is -0.380. The van der Waals surface area contributed by atoms with Gasteiger partial charge in [-0.05, 0) is 57.6 Å². The van der Waals surface area contributed by atoms with E-state index in [1.807, 2.05) is 0 Å². The summed E-state index contributed by atoms with van der Waals surface area (Å²) in [5.74, 6) is 0. The summed E-state index contributed by atoms with van der Waals surface area (Å²) in [5.41, 5.74) is 1.36. The molecule has 0 aliphatic carbocycles. The number of hydrogen-bond donors (Lipinski definition) is 1. The van der Waals surface area contributed by atoms with Crippen molar-refractivity contribution in [2.45, 2.75) is 31.8 Å². The standard InChI is InChI=1S/C14H21BrN2/c1-11(12-4-3-5-13(15)10-12)16-14-6-8-17(2)9-7-14/h3-5,10-11,14,16H,6-9H2,1-2H3/t11-/m0/s1. The lowest BCUT2D eigenvalue weighted by molar-refractivity contribution is 0.226. The number of benzene rings is 1. The van der Waals surface area contributed by atoms with Gasteiger partial charge in [0.15, 0.2) is 0 Å². The predicted octanol–water partition coefficient (Wildman–Crippen LogP) is 3.19. The Morgan fingerprint density at radius 1 is 1.35 bits per heavy atom. The van der Waals surface area contributed by atoms with E-state index in [4.69, 9.17) is 0 Å². The van der Waals surface area contributed by atoms with Crippen molar-refractivity contribution in [2.75, 3.05) is 20.1 Å². The molecule has 0 radical (unpaired) electrons. The number of likely N-dealkylation sites (tertiary alicyclic amines) is 1. The molecule has 2 nitrogen and oxygen atoms in total. The summed E-state index contributed by atoms with van der Waals surface area (Å²) >= 11 is 3.53. The van der Waals surface area contributed by atoms with Crippen molar-refractivity contribution in [3.63, 3.8) is 0 Å². The number of hydrogen-bond acceptors (Lipinski definition) is 2. The minimum atomic E-state index is 0.431. The average Bonchev–Trinajstić information content (AvgIpc) is 2.32. The molecule has 1 aliphatic rings. The van der Waals surface area contributed by atoms with E-state index in [-0.39, 0.29) is 0 Å². The average molecular weight is 297 g/mol. The Balaban J connectivity index is 1.90. The molecule has 0 unspecified atom stereocenters. The molecule has 1 saturated heterocycles. The van der Waals surface area contributed by atoms with Gasteiger partial charge in [-0.25, -0.2) is 0 Å². The van der Waals surface area contributed by atoms with E-state index in [1.54, 1.807) is 0 Å². The van der Waals surface area contributed by atoms with Crippen molar-refractivity contribution in [2.24, 2.45) is 0 Å². The number of rotatable bonds is 3. The Morgan fingerprint density at radius 3 is 2.71 bits per heavy atom. The van der Waals surface area contributed by atoms with Crippen LogP contribution in [0, 0.1) is 0 Å². The van der Waals surface area contributed by atoms with Gasteiger partial charge in [-0.1, -0.05) is 28.1 Å². The van der Waals surface area contributed by atoms with Gasteiger partial charge in [0.05, 0.1) is 0 Å². The van der Waals surface area contributed by atoms with Crippen LogP contribution in [0.5, 0.6) is 0 Å². The Kier molecular flexibility index (Phi) is 4.60. The molecule has 94 valence electrons. The van der Waals surface area contributed by atoms with E-state index >= 15 is 0 Å². The van der Waals surface area contributed by atoms with Gasteiger partial charge in [0.2, 0.25) is 0 Å².